The minimum atomic E-state index is -0.0750. The van der Waals surface area contributed by atoms with E-state index in [2.05, 4.69) is 67.6 Å². The average Bonchev–Trinajstić information content (AvgIpc) is 2.43. The lowest BCUT2D eigenvalue weighted by molar-refractivity contribution is 0.0954. The summed E-state index contributed by atoms with van der Waals surface area (Å²) in [5, 5.41) is 2.92. The predicted octanol–water partition coefficient (Wildman–Crippen LogP) is 3.26. The highest BCUT2D eigenvalue weighted by Gasteiger charge is 2.07. The van der Waals surface area contributed by atoms with Crippen molar-refractivity contribution >= 4 is 51.1 Å². The molecule has 0 aliphatic rings. The summed E-state index contributed by atoms with van der Waals surface area (Å²) in [6.07, 6.45) is 4.07. The zero-order chi connectivity index (χ0) is 13.7. The molecule has 1 amide bonds. The molecule has 0 radical (unpaired) electrons. The third kappa shape index (κ3) is 4.13. The van der Waals surface area contributed by atoms with Crippen molar-refractivity contribution in [2.75, 3.05) is 6.54 Å². The van der Waals surface area contributed by atoms with Gasteiger partial charge in [0.1, 0.15) is 0 Å². The molecule has 19 heavy (non-hydrogen) atoms. The lowest BCUT2D eigenvalue weighted by atomic mass is 10.1. The highest BCUT2D eigenvalue weighted by atomic mass is 127. The lowest BCUT2D eigenvalue weighted by Crippen LogP contribution is -2.26. The Morgan fingerprint density at radius 2 is 1.89 bits per heavy atom. The predicted molar refractivity (Wildman–Crippen MR) is 92.2 cm³/mol. The van der Waals surface area contributed by atoms with Gasteiger partial charge in [0.15, 0.2) is 0 Å². The Bertz CT molecular complexity index is 553. The van der Waals surface area contributed by atoms with Gasteiger partial charge in [-0.25, -0.2) is 0 Å². The van der Waals surface area contributed by atoms with Gasteiger partial charge < -0.3 is 5.32 Å². The van der Waals surface area contributed by atoms with Crippen molar-refractivity contribution in [2.24, 2.45) is 0 Å². The maximum absolute atomic E-state index is 11.8. The van der Waals surface area contributed by atoms with E-state index in [1.54, 1.807) is 24.5 Å². The number of carbonyl (C=O) groups excluding carboxylic acids is 1. The van der Waals surface area contributed by atoms with Crippen LogP contribution in [0.2, 0.25) is 0 Å². The molecule has 1 aromatic heterocycles. The SMILES string of the molecule is O=C(NCCc1c(I)cccc1I)c1cccnc1. The molecule has 2 rings (SSSR count). The van der Waals surface area contributed by atoms with Gasteiger partial charge in [0.2, 0.25) is 0 Å². The van der Waals surface area contributed by atoms with Crippen molar-refractivity contribution in [3.63, 3.8) is 0 Å². The molecular formula is C14H12I2N2O. The number of benzene rings is 1. The Labute approximate surface area is 139 Å². The molecular weight excluding hydrogens is 466 g/mol. The van der Waals surface area contributed by atoms with Crippen LogP contribution >= 0.6 is 45.2 Å². The molecule has 0 bridgehead atoms. The zero-order valence-corrected chi connectivity index (χ0v) is 14.4. The molecule has 98 valence electrons. The summed E-state index contributed by atoms with van der Waals surface area (Å²) in [5.74, 6) is -0.0750. The van der Waals surface area contributed by atoms with E-state index in [1.165, 1.54) is 12.7 Å². The fourth-order valence-electron chi connectivity index (χ4n) is 1.67. The molecule has 1 aromatic carbocycles. The first-order valence-electron chi connectivity index (χ1n) is 5.79. The van der Waals surface area contributed by atoms with Crippen LogP contribution in [0, 0.1) is 7.14 Å². The second-order valence-electron chi connectivity index (χ2n) is 3.95. The van der Waals surface area contributed by atoms with Gasteiger partial charge in [-0.2, -0.15) is 0 Å². The van der Waals surface area contributed by atoms with Crippen LogP contribution in [0.5, 0.6) is 0 Å². The second-order valence-corrected chi connectivity index (χ2v) is 6.27. The number of halogens is 2. The van der Waals surface area contributed by atoms with Gasteiger partial charge in [0, 0.05) is 26.1 Å². The maximum atomic E-state index is 11.8. The highest BCUT2D eigenvalue weighted by Crippen LogP contribution is 2.19. The van der Waals surface area contributed by atoms with E-state index in [0.29, 0.717) is 12.1 Å². The van der Waals surface area contributed by atoms with Gasteiger partial charge in [-0.05, 0) is 81.4 Å². The van der Waals surface area contributed by atoms with E-state index in [1.807, 2.05) is 6.07 Å². The van der Waals surface area contributed by atoms with Crippen LogP contribution in [-0.4, -0.2) is 17.4 Å². The summed E-state index contributed by atoms with van der Waals surface area (Å²) in [4.78, 5) is 15.8. The minimum Gasteiger partial charge on any atom is -0.352 e. The second kappa shape index (κ2) is 7.18. The Kier molecular flexibility index (Phi) is 5.56. The van der Waals surface area contributed by atoms with E-state index >= 15 is 0 Å². The van der Waals surface area contributed by atoms with Crippen LogP contribution in [0.25, 0.3) is 0 Å². The molecule has 5 heteroatoms. The Hall–Kier alpha value is -0.700. The quantitative estimate of drug-likeness (QED) is 0.687. The third-order valence-electron chi connectivity index (χ3n) is 2.65. The van der Waals surface area contributed by atoms with E-state index in [0.717, 1.165) is 6.42 Å². The van der Waals surface area contributed by atoms with Crippen LogP contribution in [0.1, 0.15) is 15.9 Å². The monoisotopic (exact) mass is 478 g/mol. The number of nitrogens with one attached hydrogen (secondary N) is 1. The molecule has 0 fully saturated rings. The largest absolute Gasteiger partial charge is 0.352 e. The zero-order valence-electron chi connectivity index (χ0n) is 10.1. The maximum Gasteiger partial charge on any atom is 0.252 e. The summed E-state index contributed by atoms with van der Waals surface area (Å²) in [7, 11) is 0. The first-order chi connectivity index (χ1) is 9.18. The first-order valence-corrected chi connectivity index (χ1v) is 7.95. The lowest BCUT2D eigenvalue weighted by Gasteiger charge is -2.08. The van der Waals surface area contributed by atoms with Gasteiger partial charge in [0.05, 0.1) is 5.56 Å². The number of hydrogen-bond donors (Lipinski definition) is 1. The van der Waals surface area contributed by atoms with Gasteiger partial charge in [0.25, 0.3) is 5.91 Å². The van der Waals surface area contributed by atoms with Gasteiger partial charge in [-0.3, -0.25) is 9.78 Å². The number of nitrogens with zero attached hydrogens (tertiary/aromatic N) is 1. The molecule has 1 N–H and O–H groups in total. The van der Waals surface area contributed by atoms with Gasteiger partial charge >= 0.3 is 0 Å². The van der Waals surface area contributed by atoms with Crippen molar-refractivity contribution < 1.29 is 4.79 Å². The molecule has 0 saturated heterocycles. The van der Waals surface area contributed by atoms with Crippen molar-refractivity contribution in [1.82, 2.24) is 10.3 Å². The smallest absolute Gasteiger partial charge is 0.252 e. The third-order valence-corrected chi connectivity index (χ3v) is 4.67. The van der Waals surface area contributed by atoms with Crippen molar-refractivity contribution in [3.8, 4) is 0 Å². The van der Waals surface area contributed by atoms with Gasteiger partial charge in [-0.15, -0.1) is 0 Å². The molecule has 2 aromatic rings. The normalized spacial score (nSPS) is 10.2. The Morgan fingerprint density at radius 1 is 1.16 bits per heavy atom. The average molecular weight is 478 g/mol. The molecule has 0 aliphatic carbocycles. The standard InChI is InChI=1S/C14H12I2N2O/c15-12-4-1-5-13(16)11(12)6-8-18-14(19)10-3-2-7-17-9-10/h1-5,7,9H,6,8H2,(H,18,19). The molecule has 0 unspecified atom stereocenters. The van der Waals surface area contributed by atoms with E-state index in [9.17, 15) is 4.79 Å². The topological polar surface area (TPSA) is 42.0 Å². The van der Waals surface area contributed by atoms with Crippen LogP contribution in [0.15, 0.2) is 42.7 Å². The summed E-state index contributed by atoms with van der Waals surface area (Å²) < 4.78 is 2.47. The van der Waals surface area contributed by atoms with Crippen LogP contribution in [-0.2, 0) is 6.42 Å². The first kappa shape index (κ1) is 14.7. The minimum absolute atomic E-state index is 0.0750. The fourth-order valence-corrected chi connectivity index (χ4v) is 3.72. The number of pyridine rings is 1. The molecule has 0 saturated carbocycles. The molecule has 3 nitrogen and oxygen atoms in total. The van der Waals surface area contributed by atoms with Crippen LogP contribution in [0.3, 0.4) is 0 Å². The Balaban J connectivity index is 1.92. The molecule has 0 atom stereocenters. The van der Waals surface area contributed by atoms with E-state index in [-0.39, 0.29) is 5.91 Å². The number of carbonyl (C=O) groups is 1. The number of hydrogen-bond acceptors (Lipinski definition) is 2. The summed E-state index contributed by atoms with van der Waals surface area (Å²) in [6, 6.07) is 9.74. The van der Waals surface area contributed by atoms with Crippen molar-refractivity contribution in [2.45, 2.75) is 6.42 Å². The van der Waals surface area contributed by atoms with E-state index < -0.39 is 0 Å². The van der Waals surface area contributed by atoms with Gasteiger partial charge in [-0.1, -0.05) is 6.07 Å². The summed E-state index contributed by atoms with van der Waals surface area (Å²) in [6.45, 7) is 0.629. The highest BCUT2D eigenvalue weighted by molar-refractivity contribution is 14.1. The number of aromatic nitrogens is 1. The Morgan fingerprint density at radius 3 is 2.53 bits per heavy atom. The molecule has 0 aliphatic heterocycles. The molecule has 1 heterocycles. The fraction of sp³-hybridized carbons (Fsp3) is 0.143. The van der Waals surface area contributed by atoms with Crippen molar-refractivity contribution in [3.05, 3.63) is 61.0 Å². The van der Waals surface area contributed by atoms with Crippen molar-refractivity contribution in [1.29, 1.82) is 0 Å². The van der Waals surface area contributed by atoms with Crippen LogP contribution < -0.4 is 5.32 Å². The summed E-state index contributed by atoms with van der Waals surface area (Å²) >= 11 is 4.65. The number of rotatable bonds is 4. The number of amides is 1. The summed E-state index contributed by atoms with van der Waals surface area (Å²) in [5.41, 5.74) is 1.88. The van der Waals surface area contributed by atoms with Crippen LogP contribution in [0.4, 0.5) is 0 Å². The molecule has 0 spiro atoms. The van der Waals surface area contributed by atoms with E-state index in [4.69, 9.17) is 0 Å².